The smallest absolute Gasteiger partial charge is 0.194 e. The van der Waals surface area contributed by atoms with Gasteiger partial charge in [-0.15, -0.1) is 0 Å². The lowest BCUT2D eigenvalue weighted by Crippen LogP contribution is -2.30. The average Bonchev–Trinajstić information content (AvgIpc) is 2.29. The molecule has 0 atom stereocenters. The molecule has 15 heavy (non-hydrogen) atoms. The lowest BCUT2D eigenvalue weighted by atomic mass is 10.2. The molecule has 0 unspecified atom stereocenters. The second-order valence-electron chi connectivity index (χ2n) is 3.84. The molecule has 0 aliphatic rings. The summed E-state index contributed by atoms with van der Waals surface area (Å²) in [7, 11) is 0. The highest BCUT2D eigenvalue weighted by atomic mass is 32.2. The van der Waals surface area contributed by atoms with Crippen LogP contribution in [0.2, 0.25) is 0 Å². The summed E-state index contributed by atoms with van der Waals surface area (Å²) in [6.45, 7) is 2.26. The minimum atomic E-state index is 1.09. The third-order valence-corrected chi connectivity index (χ3v) is 3.47. The number of hydrogen-bond donors (Lipinski definition) is 0. The first kappa shape index (κ1) is 12.6. The molecular formula is C13H22NS+. The van der Waals surface area contributed by atoms with Gasteiger partial charge in [0.05, 0.1) is 0 Å². The molecule has 1 nitrogen and oxygen atoms in total. The van der Waals surface area contributed by atoms with Gasteiger partial charge in [-0.3, -0.25) is 0 Å². The van der Waals surface area contributed by atoms with E-state index in [1.54, 1.807) is 0 Å². The van der Waals surface area contributed by atoms with Gasteiger partial charge in [0, 0.05) is 12.1 Å². The molecule has 84 valence electrons. The molecule has 0 aliphatic carbocycles. The molecule has 1 rings (SSSR count). The van der Waals surface area contributed by atoms with Gasteiger partial charge in [-0.2, -0.15) is 4.57 Å². The highest BCUT2D eigenvalue weighted by Crippen LogP contribution is 2.08. The molecule has 0 fully saturated rings. The van der Waals surface area contributed by atoms with Gasteiger partial charge in [0.15, 0.2) is 18.3 Å². The van der Waals surface area contributed by atoms with Gasteiger partial charge in [-0.1, -0.05) is 50.4 Å². The molecule has 2 heteroatoms. The van der Waals surface area contributed by atoms with E-state index in [0.717, 1.165) is 5.88 Å². The third-order valence-electron chi connectivity index (χ3n) is 2.41. The Morgan fingerprint density at radius 2 is 1.67 bits per heavy atom. The van der Waals surface area contributed by atoms with Crippen molar-refractivity contribution < 1.29 is 4.57 Å². The Kier molecular flexibility index (Phi) is 7.36. The molecule has 0 aromatic carbocycles. The number of rotatable bonds is 8. The van der Waals surface area contributed by atoms with Crippen LogP contribution in [0.25, 0.3) is 0 Å². The Hall–Kier alpha value is -0.500. The van der Waals surface area contributed by atoms with Gasteiger partial charge in [-0.05, 0) is 12.2 Å². The van der Waals surface area contributed by atoms with Crippen molar-refractivity contribution in [1.82, 2.24) is 0 Å². The second kappa shape index (κ2) is 8.78. The molecule has 0 saturated carbocycles. The zero-order chi connectivity index (χ0) is 10.8. The first-order chi connectivity index (χ1) is 7.43. The van der Waals surface area contributed by atoms with E-state index in [9.17, 15) is 0 Å². The van der Waals surface area contributed by atoms with Crippen molar-refractivity contribution in [1.29, 1.82) is 0 Å². The van der Waals surface area contributed by atoms with Crippen LogP contribution in [0.5, 0.6) is 0 Å². The van der Waals surface area contributed by atoms with Crippen LogP contribution in [-0.4, -0.2) is 5.75 Å². The van der Waals surface area contributed by atoms with Crippen molar-refractivity contribution in [2.45, 2.75) is 44.9 Å². The standard InChI is InChI=1S/C13H22NS/c1-2-3-4-5-9-12-15-13-14-10-7-6-8-11-14/h6-8,10-11H,2-5,9,12-13H2,1H3/q+1. The summed E-state index contributed by atoms with van der Waals surface area (Å²) in [5.41, 5.74) is 0. The van der Waals surface area contributed by atoms with Gasteiger partial charge < -0.3 is 0 Å². The van der Waals surface area contributed by atoms with Crippen LogP contribution in [0.4, 0.5) is 0 Å². The van der Waals surface area contributed by atoms with E-state index in [2.05, 4.69) is 42.1 Å². The second-order valence-corrected chi connectivity index (χ2v) is 4.92. The molecule has 0 radical (unpaired) electrons. The summed E-state index contributed by atoms with van der Waals surface area (Å²) >= 11 is 2.03. The minimum absolute atomic E-state index is 1.09. The summed E-state index contributed by atoms with van der Waals surface area (Å²) in [4.78, 5) is 0. The van der Waals surface area contributed by atoms with Crippen molar-refractivity contribution in [3.05, 3.63) is 30.6 Å². The van der Waals surface area contributed by atoms with Gasteiger partial charge in [0.25, 0.3) is 0 Å². The van der Waals surface area contributed by atoms with Gasteiger partial charge in [0.1, 0.15) is 0 Å². The Labute approximate surface area is 97.9 Å². The maximum atomic E-state index is 2.26. The van der Waals surface area contributed by atoms with Crippen LogP contribution in [0.15, 0.2) is 30.6 Å². The predicted octanol–water partition coefficient (Wildman–Crippen LogP) is 3.64. The molecule has 0 saturated heterocycles. The van der Waals surface area contributed by atoms with Crippen LogP contribution in [0.1, 0.15) is 39.0 Å². The van der Waals surface area contributed by atoms with E-state index in [1.807, 2.05) is 11.8 Å². The average molecular weight is 224 g/mol. The summed E-state index contributed by atoms with van der Waals surface area (Å²) < 4.78 is 2.23. The highest BCUT2D eigenvalue weighted by Gasteiger charge is 1.97. The van der Waals surface area contributed by atoms with Crippen LogP contribution >= 0.6 is 11.8 Å². The number of pyridine rings is 1. The van der Waals surface area contributed by atoms with E-state index >= 15 is 0 Å². The molecule has 0 N–H and O–H groups in total. The number of hydrogen-bond acceptors (Lipinski definition) is 1. The van der Waals surface area contributed by atoms with Gasteiger partial charge >= 0.3 is 0 Å². The third kappa shape index (κ3) is 6.56. The fourth-order valence-corrected chi connectivity index (χ4v) is 2.42. The molecule has 1 aromatic rings. The Morgan fingerprint density at radius 1 is 0.933 bits per heavy atom. The van der Waals surface area contributed by atoms with Crippen molar-refractivity contribution in [3.8, 4) is 0 Å². The summed E-state index contributed by atoms with van der Waals surface area (Å²) in [5, 5.41) is 0. The number of thioether (sulfide) groups is 1. The molecule has 1 aromatic heterocycles. The molecule has 1 heterocycles. The minimum Gasteiger partial charge on any atom is -0.195 e. The van der Waals surface area contributed by atoms with Crippen molar-refractivity contribution in [3.63, 3.8) is 0 Å². The normalized spacial score (nSPS) is 10.5. The SMILES string of the molecule is CCCCCCCSC[n+]1ccccc1. The van der Waals surface area contributed by atoms with Crippen LogP contribution in [-0.2, 0) is 5.88 Å². The summed E-state index contributed by atoms with van der Waals surface area (Å²) in [6.07, 6.45) is 11.2. The van der Waals surface area contributed by atoms with Gasteiger partial charge in [0.2, 0.25) is 0 Å². The number of aromatic nitrogens is 1. The fraction of sp³-hybridized carbons (Fsp3) is 0.615. The van der Waals surface area contributed by atoms with Crippen molar-refractivity contribution >= 4 is 11.8 Å². The maximum Gasteiger partial charge on any atom is 0.194 e. The Morgan fingerprint density at radius 3 is 2.40 bits per heavy atom. The van der Waals surface area contributed by atoms with E-state index in [0.29, 0.717) is 0 Å². The molecule has 0 amide bonds. The van der Waals surface area contributed by atoms with Crippen LogP contribution in [0.3, 0.4) is 0 Å². The van der Waals surface area contributed by atoms with Crippen LogP contribution in [0, 0.1) is 0 Å². The first-order valence-corrected chi connectivity index (χ1v) is 7.11. The maximum absolute atomic E-state index is 2.26. The molecular weight excluding hydrogens is 202 g/mol. The largest absolute Gasteiger partial charge is 0.195 e. The Bertz CT molecular complexity index is 236. The topological polar surface area (TPSA) is 3.88 Å². The first-order valence-electron chi connectivity index (χ1n) is 5.95. The molecule has 0 spiro atoms. The van der Waals surface area contributed by atoms with Crippen LogP contribution < -0.4 is 4.57 Å². The van der Waals surface area contributed by atoms with Gasteiger partial charge in [-0.25, -0.2) is 0 Å². The quantitative estimate of drug-likeness (QED) is 0.482. The fourth-order valence-electron chi connectivity index (χ4n) is 1.50. The summed E-state index contributed by atoms with van der Waals surface area (Å²) in [5.74, 6) is 2.39. The van der Waals surface area contributed by atoms with Crippen molar-refractivity contribution in [2.24, 2.45) is 0 Å². The Balaban J connectivity index is 1.93. The highest BCUT2D eigenvalue weighted by molar-refractivity contribution is 7.98. The lowest BCUT2D eigenvalue weighted by Gasteiger charge is -1.99. The summed E-state index contributed by atoms with van der Waals surface area (Å²) in [6, 6.07) is 6.23. The van der Waals surface area contributed by atoms with E-state index < -0.39 is 0 Å². The van der Waals surface area contributed by atoms with E-state index in [4.69, 9.17) is 0 Å². The molecule has 0 aliphatic heterocycles. The number of nitrogens with zero attached hydrogens (tertiary/aromatic N) is 1. The number of unbranched alkanes of at least 4 members (excludes halogenated alkanes) is 4. The van der Waals surface area contributed by atoms with Crippen molar-refractivity contribution in [2.75, 3.05) is 5.75 Å². The van der Waals surface area contributed by atoms with E-state index in [-0.39, 0.29) is 0 Å². The monoisotopic (exact) mass is 224 g/mol. The zero-order valence-electron chi connectivity index (χ0n) is 9.69. The van der Waals surface area contributed by atoms with E-state index in [1.165, 1.54) is 37.9 Å². The zero-order valence-corrected chi connectivity index (χ0v) is 10.5. The predicted molar refractivity (Wildman–Crippen MR) is 67.9 cm³/mol. The lowest BCUT2D eigenvalue weighted by molar-refractivity contribution is -0.675. The molecule has 0 bridgehead atoms.